The number of amides is 1. The van der Waals surface area contributed by atoms with Gasteiger partial charge < -0.3 is 4.90 Å². The lowest BCUT2D eigenvalue weighted by Gasteiger charge is -2.31. The Morgan fingerprint density at radius 1 is 1.11 bits per heavy atom. The number of rotatable bonds is 2. The summed E-state index contributed by atoms with van der Waals surface area (Å²) in [6, 6.07) is 5.64. The molecule has 1 amide bonds. The zero-order chi connectivity index (χ0) is 20.3. The van der Waals surface area contributed by atoms with Gasteiger partial charge in [-0.05, 0) is 30.7 Å². The van der Waals surface area contributed by atoms with Gasteiger partial charge in [0, 0.05) is 49.9 Å². The quantitative estimate of drug-likeness (QED) is 0.645. The standard InChI is InChI=1S/C19H18F2N4O.C2H6/c1-13-8-16(12-22-10-13)25-5-2-14-9-15(11-23-17(14)25)18(26)24-6-3-19(20,21)4-7-24;1-2/h2,5,8-12H,3-4,6-7H2,1H3;1-2H3. The van der Waals surface area contributed by atoms with E-state index in [0.717, 1.165) is 22.3 Å². The lowest BCUT2D eigenvalue weighted by Crippen LogP contribution is -2.42. The molecule has 28 heavy (non-hydrogen) atoms. The summed E-state index contributed by atoms with van der Waals surface area (Å²) in [7, 11) is 0. The highest BCUT2D eigenvalue weighted by atomic mass is 19.3. The second kappa shape index (κ2) is 8.04. The second-order valence-corrected chi connectivity index (χ2v) is 6.69. The van der Waals surface area contributed by atoms with Crippen molar-refractivity contribution in [2.45, 2.75) is 39.5 Å². The highest BCUT2D eigenvalue weighted by molar-refractivity contribution is 5.97. The molecule has 0 atom stereocenters. The van der Waals surface area contributed by atoms with Crippen molar-refractivity contribution < 1.29 is 13.6 Å². The second-order valence-electron chi connectivity index (χ2n) is 6.69. The van der Waals surface area contributed by atoms with Gasteiger partial charge in [-0.2, -0.15) is 0 Å². The number of halogens is 2. The van der Waals surface area contributed by atoms with E-state index in [0.29, 0.717) is 5.56 Å². The van der Waals surface area contributed by atoms with Gasteiger partial charge in [0.05, 0.1) is 17.4 Å². The summed E-state index contributed by atoms with van der Waals surface area (Å²) in [6.07, 6.45) is 6.35. The molecule has 148 valence electrons. The lowest BCUT2D eigenvalue weighted by molar-refractivity contribution is -0.0494. The van der Waals surface area contributed by atoms with Crippen molar-refractivity contribution in [1.82, 2.24) is 19.4 Å². The maximum absolute atomic E-state index is 13.3. The summed E-state index contributed by atoms with van der Waals surface area (Å²) >= 11 is 0. The van der Waals surface area contributed by atoms with E-state index in [-0.39, 0.29) is 31.8 Å². The number of fused-ring (bicyclic) bond motifs is 1. The van der Waals surface area contributed by atoms with Crippen molar-refractivity contribution in [3.05, 3.63) is 54.1 Å². The molecule has 1 aliphatic rings. The average molecular weight is 386 g/mol. The minimum atomic E-state index is -2.67. The zero-order valence-corrected chi connectivity index (χ0v) is 16.3. The highest BCUT2D eigenvalue weighted by Gasteiger charge is 2.35. The third kappa shape index (κ3) is 4.03. The summed E-state index contributed by atoms with van der Waals surface area (Å²) < 4.78 is 28.5. The Hall–Kier alpha value is -2.83. The molecule has 0 aliphatic carbocycles. The number of carbonyl (C=O) groups is 1. The minimum Gasteiger partial charge on any atom is -0.338 e. The molecule has 0 aromatic carbocycles. The van der Waals surface area contributed by atoms with Crippen molar-refractivity contribution in [3.63, 3.8) is 0 Å². The van der Waals surface area contributed by atoms with Crippen LogP contribution in [0.3, 0.4) is 0 Å². The van der Waals surface area contributed by atoms with Gasteiger partial charge in [-0.15, -0.1) is 0 Å². The molecule has 1 saturated heterocycles. The van der Waals surface area contributed by atoms with E-state index in [9.17, 15) is 13.6 Å². The molecule has 0 bridgehead atoms. The fourth-order valence-corrected chi connectivity index (χ4v) is 3.24. The molecule has 3 aromatic rings. The predicted octanol–water partition coefficient (Wildman–Crippen LogP) is 4.63. The average Bonchev–Trinajstić information content (AvgIpc) is 3.12. The normalized spacial score (nSPS) is 15.8. The van der Waals surface area contributed by atoms with Gasteiger partial charge in [-0.1, -0.05) is 13.8 Å². The van der Waals surface area contributed by atoms with E-state index in [2.05, 4.69) is 9.97 Å². The summed E-state index contributed by atoms with van der Waals surface area (Å²) in [5.74, 6) is -2.92. The Bertz CT molecular complexity index is 973. The number of pyridine rings is 2. The summed E-state index contributed by atoms with van der Waals surface area (Å²) in [6.45, 7) is 6.11. The van der Waals surface area contributed by atoms with Crippen LogP contribution in [0.2, 0.25) is 0 Å². The van der Waals surface area contributed by atoms with Gasteiger partial charge >= 0.3 is 0 Å². The molecule has 3 aromatic heterocycles. The van der Waals surface area contributed by atoms with Crippen LogP contribution < -0.4 is 0 Å². The first-order valence-corrected chi connectivity index (χ1v) is 9.49. The van der Waals surface area contributed by atoms with Crippen LogP contribution in [0.5, 0.6) is 0 Å². The van der Waals surface area contributed by atoms with Crippen molar-refractivity contribution in [2.75, 3.05) is 13.1 Å². The van der Waals surface area contributed by atoms with Crippen LogP contribution in [-0.2, 0) is 0 Å². The summed E-state index contributed by atoms with van der Waals surface area (Å²) in [5, 5.41) is 0.819. The lowest BCUT2D eigenvalue weighted by atomic mass is 10.1. The van der Waals surface area contributed by atoms with E-state index >= 15 is 0 Å². The molecule has 5 nitrogen and oxygen atoms in total. The molecule has 0 spiro atoms. The summed E-state index contributed by atoms with van der Waals surface area (Å²) in [4.78, 5) is 22.7. The van der Waals surface area contributed by atoms with Gasteiger partial charge in [0.2, 0.25) is 0 Å². The van der Waals surface area contributed by atoms with E-state index < -0.39 is 5.92 Å². The Morgan fingerprint density at radius 2 is 1.82 bits per heavy atom. The Kier molecular flexibility index (Phi) is 5.72. The van der Waals surface area contributed by atoms with Crippen LogP contribution >= 0.6 is 0 Å². The number of nitrogens with zero attached hydrogens (tertiary/aromatic N) is 4. The number of likely N-dealkylation sites (tertiary alicyclic amines) is 1. The maximum atomic E-state index is 13.3. The van der Waals surface area contributed by atoms with Crippen molar-refractivity contribution in [3.8, 4) is 5.69 Å². The number of aryl methyl sites for hydroxylation is 1. The van der Waals surface area contributed by atoms with Crippen molar-refractivity contribution >= 4 is 16.9 Å². The molecule has 0 N–H and O–H groups in total. The zero-order valence-electron chi connectivity index (χ0n) is 16.3. The smallest absolute Gasteiger partial charge is 0.255 e. The molecule has 0 radical (unpaired) electrons. The van der Waals surface area contributed by atoms with E-state index in [1.807, 2.05) is 43.7 Å². The van der Waals surface area contributed by atoms with Gasteiger partial charge in [0.1, 0.15) is 5.65 Å². The van der Waals surface area contributed by atoms with Crippen LogP contribution in [0, 0.1) is 6.92 Å². The first-order chi connectivity index (χ1) is 13.4. The van der Waals surface area contributed by atoms with Crippen LogP contribution in [0.1, 0.15) is 42.6 Å². The molecule has 0 unspecified atom stereocenters. The Labute approximate surface area is 163 Å². The van der Waals surface area contributed by atoms with Crippen molar-refractivity contribution in [2.24, 2.45) is 0 Å². The molecule has 1 aliphatic heterocycles. The van der Waals surface area contributed by atoms with Crippen molar-refractivity contribution in [1.29, 1.82) is 0 Å². The van der Waals surface area contributed by atoms with E-state index in [1.54, 1.807) is 18.5 Å². The van der Waals surface area contributed by atoms with Gasteiger partial charge in [0.25, 0.3) is 11.8 Å². The molecular formula is C21H24F2N4O. The Balaban J connectivity index is 0.00000109. The molecule has 0 saturated carbocycles. The first-order valence-electron chi connectivity index (χ1n) is 9.49. The monoisotopic (exact) mass is 386 g/mol. The number of alkyl halides is 2. The SMILES string of the molecule is CC.Cc1cncc(-n2ccc3cc(C(=O)N4CCC(F)(F)CC4)cnc32)c1. The third-order valence-corrected chi connectivity index (χ3v) is 4.69. The number of aromatic nitrogens is 3. The van der Waals surface area contributed by atoms with Gasteiger partial charge in [-0.25, -0.2) is 13.8 Å². The van der Waals surface area contributed by atoms with Crippen LogP contribution in [-0.4, -0.2) is 44.4 Å². The fraction of sp³-hybridized carbons (Fsp3) is 0.381. The van der Waals surface area contributed by atoms with Gasteiger partial charge in [0.15, 0.2) is 0 Å². The highest BCUT2D eigenvalue weighted by Crippen LogP contribution is 2.28. The third-order valence-electron chi connectivity index (χ3n) is 4.69. The largest absolute Gasteiger partial charge is 0.338 e. The predicted molar refractivity (Wildman–Crippen MR) is 105 cm³/mol. The minimum absolute atomic E-state index is 0.0693. The van der Waals surface area contributed by atoms with E-state index in [1.165, 1.54) is 11.1 Å². The van der Waals surface area contributed by atoms with Crippen LogP contribution in [0.4, 0.5) is 8.78 Å². The number of hydrogen-bond acceptors (Lipinski definition) is 3. The number of carbonyl (C=O) groups excluding carboxylic acids is 1. The Morgan fingerprint density at radius 3 is 2.50 bits per heavy atom. The molecular weight excluding hydrogens is 362 g/mol. The molecule has 4 heterocycles. The van der Waals surface area contributed by atoms with Gasteiger partial charge in [-0.3, -0.25) is 14.3 Å². The first kappa shape index (κ1) is 19.9. The molecule has 4 rings (SSSR count). The fourth-order valence-electron chi connectivity index (χ4n) is 3.24. The number of hydrogen-bond donors (Lipinski definition) is 0. The molecule has 7 heteroatoms. The van der Waals surface area contributed by atoms with E-state index in [4.69, 9.17) is 0 Å². The molecule has 1 fully saturated rings. The van der Waals surface area contributed by atoms with Crippen LogP contribution in [0.15, 0.2) is 43.0 Å². The number of piperidine rings is 1. The summed E-state index contributed by atoms with van der Waals surface area (Å²) in [5.41, 5.74) is 3.07. The van der Waals surface area contributed by atoms with Crippen LogP contribution in [0.25, 0.3) is 16.7 Å². The topological polar surface area (TPSA) is 51.0 Å². The maximum Gasteiger partial charge on any atom is 0.255 e.